The molecule has 0 saturated heterocycles. The Labute approximate surface area is 123 Å². The fourth-order valence-corrected chi connectivity index (χ4v) is 2.05. The minimum Gasteiger partial charge on any atom is -0.497 e. The van der Waals surface area contributed by atoms with Gasteiger partial charge in [0.2, 0.25) is 0 Å². The Balaban J connectivity index is 2.17. The fourth-order valence-electron chi connectivity index (χ4n) is 2.05. The van der Waals surface area contributed by atoms with Gasteiger partial charge in [-0.25, -0.2) is 4.39 Å². The molecule has 21 heavy (non-hydrogen) atoms. The van der Waals surface area contributed by atoms with Crippen molar-refractivity contribution in [2.45, 2.75) is 6.54 Å². The summed E-state index contributed by atoms with van der Waals surface area (Å²) in [6, 6.07) is 11.7. The molecule has 110 valence electrons. The Morgan fingerprint density at radius 1 is 1.19 bits per heavy atom. The molecular formula is C15H17BFNO3. The maximum atomic E-state index is 14.0. The van der Waals surface area contributed by atoms with Crippen molar-refractivity contribution in [3.8, 4) is 5.75 Å². The first-order chi connectivity index (χ1) is 10.0. The number of benzene rings is 2. The molecule has 0 atom stereocenters. The molecule has 0 unspecified atom stereocenters. The van der Waals surface area contributed by atoms with E-state index in [9.17, 15) is 4.39 Å². The van der Waals surface area contributed by atoms with Crippen molar-refractivity contribution in [1.82, 2.24) is 0 Å². The van der Waals surface area contributed by atoms with Crippen LogP contribution in [0, 0.1) is 5.82 Å². The summed E-state index contributed by atoms with van der Waals surface area (Å²) in [5.41, 5.74) is 1.52. The van der Waals surface area contributed by atoms with E-state index in [0.717, 1.165) is 17.5 Å². The van der Waals surface area contributed by atoms with Crippen LogP contribution in [0.3, 0.4) is 0 Å². The van der Waals surface area contributed by atoms with Crippen LogP contribution < -0.4 is 15.1 Å². The largest absolute Gasteiger partial charge is 0.497 e. The van der Waals surface area contributed by atoms with Crippen molar-refractivity contribution in [2.24, 2.45) is 0 Å². The monoisotopic (exact) mass is 289 g/mol. The summed E-state index contributed by atoms with van der Waals surface area (Å²) in [5, 5.41) is 18.0. The molecule has 2 aromatic carbocycles. The highest BCUT2D eigenvalue weighted by Gasteiger charge is 2.14. The summed E-state index contributed by atoms with van der Waals surface area (Å²) in [6.45, 7) is 0.362. The van der Waals surface area contributed by atoms with Gasteiger partial charge in [0.15, 0.2) is 0 Å². The average molecular weight is 289 g/mol. The van der Waals surface area contributed by atoms with Crippen LogP contribution in [0.5, 0.6) is 5.75 Å². The van der Waals surface area contributed by atoms with E-state index < -0.39 is 12.9 Å². The van der Waals surface area contributed by atoms with Crippen molar-refractivity contribution in [3.05, 3.63) is 53.8 Å². The molecule has 0 saturated carbocycles. The lowest BCUT2D eigenvalue weighted by Gasteiger charge is -2.20. The van der Waals surface area contributed by atoms with Gasteiger partial charge >= 0.3 is 7.12 Å². The van der Waals surface area contributed by atoms with E-state index in [4.69, 9.17) is 14.8 Å². The highest BCUT2D eigenvalue weighted by atomic mass is 19.1. The van der Waals surface area contributed by atoms with Crippen LogP contribution in [-0.4, -0.2) is 31.3 Å². The minimum atomic E-state index is -1.66. The second kappa shape index (κ2) is 6.60. The lowest BCUT2D eigenvalue weighted by Crippen LogP contribution is -2.30. The van der Waals surface area contributed by atoms with Gasteiger partial charge in [0.1, 0.15) is 11.6 Å². The zero-order chi connectivity index (χ0) is 15.4. The van der Waals surface area contributed by atoms with E-state index in [2.05, 4.69) is 0 Å². The number of ether oxygens (including phenoxy) is 1. The van der Waals surface area contributed by atoms with E-state index in [1.54, 1.807) is 13.2 Å². The molecule has 0 aromatic heterocycles. The smallest absolute Gasteiger partial charge is 0.488 e. The summed E-state index contributed by atoms with van der Waals surface area (Å²) < 4.78 is 19.1. The average Bonchev–Trinajstić information content (AvgIpc) is 2.49. The highest BCUT2D eigenvalue weighted by Crippen LogP contribution is 2.21. The molecule has 0 aliphatic rings. The number of hydrogen-bond acceptors (Lipinski definition) is 4. The van der Waals surface area contributed by atoms with Crippen molar-refractivity contribution in [2.75, 3.05) is 19.1 Å². The predicted octanol–water partition coefficient (Wildman–Crippen LogP) is 1.15. The molecule has 0 amide bonds. The number of nitrogens with zero attached hydrogens (tertiary/aromatic N) is 1. The van der Waals surface area contributed by atoms with E-state index in [1.165, 1.54) is 6.07 Å². The van der Waals surface area contributed by atoms with Crippen molar-refractivity contribution in [1.29, 1.82) is 0 Å². The summed E-state index contributed by atoms with van der Waals surface area (Å²) in [5.74, 6) is 0.272. The Morgan fingerprint density at radius 3 is 2.57 bits per heavy atom. The van der Waals surface area contributed by atoms with Crippen LogP contribution >= 0.6 is 0 Å². The number of halogens is 1. The Hall–Kier alpha value is -2.05. The van der Waals surface area contributed by atoms with Crippen LogP contribution in [0.2, 0.25) is 0 Å². The fraction of sp³-hybridized carbons (Fsp3) is 0.200. The van der Waals surface area contributed by atoms with Crippen LogP contribution in [0.15, 0.2) is 42.5 Å². The minimum absolute atomic E-state index is 0.139. The molecule has 0 spiro atoms. The van der Waals surface area contributed by atoms with Crippen molar-refractivity contribution < 1.29 is 19.2 Å². The van der Waals surface area contributed by atoms with Crippen LogP contribution in [0.25, 0.3) is 0 Å². The first-order valence-corrected chi connectivity index (χ1v) is 6.51. The van der Waals surface area contributed by atoms with Gasteiger partial charge in [0.25, 0.3) is 0 Å². The number of anilines is 1. The van der Waals surface area contributed by atoms with E-state index >= 15 is 0 Å². The Bertz CT molecular complexity index is 622. The highest BCUT2D eigenvalue weighted by molar-refractivity contribution is 6.58. The Morgan fingerprint density at radius 2 is 1.95 bits per heavy atom. The molecule has 0 aliphatic heterocycles. The topological polar surface area (TPSA) is 52.9 Å². The molecule has 0 bridgehead atoms. The second-order valence-electron chi connectivity index (χ2n) is 4.78. The summed E-state index contributed by atoms with van der Waals surface area (Å²) >= 11 is 0. The molecule has 2 N–H and O–H groups in total. The maximum Gasteiger partial charge on any atom is 0.488 e. The van der Waals surface area contributed by atoms with Crippen LogP contribution in [0.4, 0.5) is 10.1 Å². The molecule has 0 fully saturated rings. The molecule has 0 aliphatic carbocycles. The van der Waals surface area contributed by atoms with Gasteiger partial charge in [-0.1, -0.05) is 18.2 Å². The van der Waals surface area contributed by atoms with Gasteiger partial charge < -0.3 is 19.7 Å². The molecule has 6 heteroatoms. The molecule has 0 radical (unpaired) electrons. The first-order valence-electron chi connectivity index (χ1n) is 6.51. The van der Waals surface area contributed by atoms with Gasteiger partial charge in [-0.3, -0.25) is 0 Å². The maximum absolute atomic E-state index is 14.0. The molecule has 2 aromatic rings. The lowest BCUT2D eigenvalue weighted by molar-refractivity contribution is 0.415. The number of rotatable bonds is 5. The number of methoxy groups -OCH3 is 1. The van der Waals surface area contributed by atoms with Gasteiger partial charge in [-0.05, 0) is 23.7 Å². The quantitative estimate of drug-likeness (QED) is 0.811. The van der Waals surface area contributed by atoms with E-state index in [-0.39, 0.29) is 5.46 Å². The summed E-state index contributed by atoms with van der Waals surface area (Å²) in [6.07, 6.45) is 0. The van der Waals surface area contributed by atoms with Crippen molar-refractivity contribution >= 4 is 18.3 Å². The zero-order valence-electron chi connectivity index (χ0n) is 12.0. The first kappa shape index (κ1) is 15.3. The molecule has 4 nitrogen and oxygen atoms in total. The normalized spacial score (nSPS) is 10.3. The molecular weight excluding hydrogens is 272 g/mol. The standard InChI is InChI=1S/C15H17BFNO3/c1-18(13-4-3-5-14(9-13)21-2)10-11-6-7-12(16(19)20)8-15(11)17/h3-9,19-20H,10H2,1-2H3. The summed E-state index contributed by atoms with van der Waals surface area (Å²) in [4.78, 5) is 1.88. The zero-order valence-corrected chi connectivity index (χ0v) is 12.0. The van der Waals surface area contributed by atoms with Gasteiger partial charge in [0.05, 0.1) is 7.11 Å². The number of hydrogen-bond donors (Lipinski definition) is 2. The third-order valence-electron chi connectivity index (χ3n) is 3.28. The lowest BCUT2D eigenvalue weighted by atomic mass is 9.80. The van der Waals surface area contributed by atoms with Gasteiger partial charge in [-0.15, -0.1) is 0 Å². The Kier molecular flexibility index (Phi) is 4.83. The SMILES string of the molecule is COc1cccc(N(C)Cc2ccc(B(O)O)cc2F)c1. The van der Waals surface area contributed by atoms with E-state index in [1.807, 2.05) is 36.2 Å². The van der Waals surface area contributed by atoms with E-state index in [0.29, 0.717) is 12.1 Å². The van der Waals surface area contributed by atoms with Gasteiger partial charge in [0, 0.05) is 30.9 Å². The second-order valence-corrected chi connectivity index (χ2v) is 4.78. The van der Waals surface area contributed by atoms with Crippen molar-refractivity contribution in [3.63, 3.8) is 0 Å². The van der Waals surface area contributed by atoms with Gasteiger partial charge in [-0.2, -0.15) is 0 Å². The molecule has 0 heterocycles. The third-order valence-corrected chi connectivity index (χ3v) is 3.28. The van der Waals surface area contributed by atoms with Crippen LogP contribution in [-0.2, 0) is 6.54 Å². The molecule has 2 rings (SSSR count). The summed E-state index contributed by atoms with van der Waals surface area (Å²) in [7, 11) is 1.78. The van der Waals surface area contributed by atoms with Crippen LogP contribution in [0.1, 0.15) is 5.56 Å². The third kappa shape index (κ3) is 3.74. The predicted molar refractivity (Wildman–Crippen MR) is 81.3 cm³/mol.